The molecule has 0 spiro atoms. The molecular formula is C19H25N5OS. The topological polar surface area (TPSA) is 79.8 Å². The van der Waals surface area contributed by atoms with Crippen molar-refractivity contribution in [1.29, 1.82) is 0 Å². The first-order valence-corrected chi connectivity index (χ1v) is 9.66. The molecule has 6 nitrogen and oxygen atoms in total. The first-order valence-electron chi connectivity index (χ1n) is 8.78. The molecule has 3 aromatic heterocycles. The standard InChI is InChI=1S/C17H19N5OS.C2H6/c1-10(2)19-16(23)14-15-13(7-9-24-15)21-17(22-14)20-11(3)12-6-4-5-8-18-12;1-2/h4-11H,1-3H3,(H,19,23)(H,20,21,22);1-2H3/t11-;/m0./s1. The highest BCUT2D eigenvalue weighted by Crippen LogP contribution is 2.25. The van der Waals surface area contributed by atoms with E-state index in [0.717, 1.165) is 15.9 Å². The number of hydrogen-bond acceptors (Lipinski definition) is 6. The zero-order chi connectivity index (χ0) is 19.1. The minimum Gasteiger partial charge on any atom is -0.348 e. The number of pyridine rings is 1. The Hall–Kier alpha value is -2.54. The van der Waals surface area contributed by atoms with Crippen molar-refractivity contribution in [3.05, 3.63) is 47.2 Å². The van der Waals surface area contributed by atoms with Gasteiger partial charge in [-0.2, -0.15) is 0 Å². The monoisotopic (exact) mass is 371 g/mol. The lowest BCUT2D eigenvalue weighted by molar-refractivity contribution is 0.0940. The van der Waals surface area contributed by atoms with Crippen LogP contribution in [0, 0.1) is 0 Å². The SMILES string of the molecule is CC.CC(C)NC(=O)c1nc(N[C@@H](C)c2ccccn2)nc2ccsc12. The van der Waals surface area contributed by atoms with Gasteiger partial charge in [0.1, 0.15) is 0 Å². The zero-order valence-corrected chi connectivity index (χ0v) is 16.6. The van der Waals surface area contributed by atoms with Crippen LogP contribution in [0.5, 0.6) is 0 Å². The highest BCUT2D eigenvalue weighted by Gasteiger charge is 2.18. The normalized spacial score (nSPS) is 11.6. The quantitative estimate of drug-likeness (QED) is 0.694. The van der Waals surface area contributed by atoms with Gasteiger partial charge in [-0.1, -0.05) is 19.9 Å². The molecule has 0 fully saturated rings. The lowest BCUT2D eigenvalue weighted by Crippen LogP contribution is -2.31. The molecule has 138 valence electrons. The van der Waals surface area contributed by atoms with Gasteiger partial charge in [-0.25, -0.2) is 9.97 Å². The van der Waals surface area contributed by atoms with Crippen LogP contribution < -0.4 is 10.6 Å². The van der Waals surface area contributed by atoms with Gasteiger partial charge >= 0.3 is 0 Å². The molecule has 0 aliphatic carbocycles. The molecule has 0 aliphatic heterocycles. The predicted molar refractivity (Wildman–Crippen MR) is 108 cm³/mol. The maximum atomic E-state index is 12.4. The number of fused-ring (bicyclic) bond motifs is 1. The van der Waals surface area contributed by atoms with Crippen LogP contribution in [-0.4, -0.2) is 26.9 Å². The number of carbonyl (C=O) groups is 1. The fourth-order valence-electron chi connectivity index (χ4n) is 2.31. The number of carbonyl (C=O) groups excluding carboxylic acids is 1. The summed E-state index contributed by atoms with van der Waals surface area (Å²) in [5, 5.41) is 8.03. The van der Waals surface area contributed by atoms with E-state index in [9.17, 15) is 4.79 Å². The fourth-order valence-corrected chi connectivity index (χ4v) is 3.13. The summed E-state index contributed by atoms with van der Waals surface area (Å²) in [5.74, 6) is 0.237. The second-order valence-corrected chi connectivity index (χ2v) is 6.70. The van der Waals surface area contributed by atoms with E-state index in [2.05, 4.69) is 25.6 Å². The van der Waals surface area contributed by atoms with Gasteiger partial charge in [0.25, 0.3) is 5.91 Å². The van der Waals surface area contributed by atoms with E-state index in [4.69, 9.17) is 0 Å². The van der Waals surface area contributed by atoms with E-state index in [-0.39, 0.29) is 18.0 Å². The van der Waals surface area contributed by atoms with E-state index in [0.29, 0.717) is 11.6 Å². The van der Waals surface area contributed by atoms with E-state index in [1.807, 2.05) is 64.3 Å². The first-order chi connectivity index (χ1) is 12.5. The number of thiophene rings is 1. The molecule has 0 saturated heterocycles. The molecule has 0 radical (unpaired) electrons. The van der Waals surface area contributed by atoms with Crippen LogP contribution in [0.15, 0.2) is 35.8 Å². The number of aromatic nitrogens is 3. The average molecular weight is 372 g/mol. The Kier molecular flexibility index (Phi) is 7.03. The molecule has 0 aliphatic rings. The number of hydrogen-bond donors (Lipinski definition) is 2. The fraction of sp³-hybridized carbons (Fsp3) is 0.368. The van der Waals surface area contributed by atoms with Gasteiger partial charge < -0.3 is 10.6 Å². The van der Waals surface area contributed by atoms with Gasteiger partial charge in [0.15, 0.2) is 5.69 Å². The molecule has 3 heterocycles. The summed E-state index contributed by atoms with van der Waals surface area (Å²) >= 11 is 1.47. The minimum atomic E-state index is -0.187. The Balaban J connectivity index is 0.00000117. The lowest BCUT2D eigenvalue weighted by Gasteiger charge is -2.14. The molecule has 1 atom stereocenters. The third-order valence-electron chi connectivity index (χ3n) is 3.42. The summed E-state index contributed by atoms with van der Waals surface area (Å²) in [6.45, 7) is 9.83. The Morgan fingerprint density at radius 1 is 1.12 bits per heavy atom. The maximum Gasteiger partial charge on any atom is 0.271 e. The van der Waals surface area contributed by atoms with Gasteiger partial charge in [-0.05, 0) is 44.4 Å². The van der Waals surface area contributed by atoms with Crippen molar-refractivity contribution in [1.82, 2.24) is 20.3 Å². The van der Waals surface area contributed by atoms with Crippen molar-refractivity contribution < 1.29 is 4.79 Å². The van der Waals surface area contributed by atoms with Crippen molar-refractivity contribution in [2.75, 3.05) is 5.32 Å². The second-order valence-electron chi connectivity index (χ2n) is 5.78. The Bertz CT molecular complexity index is 848. The molecule has 3 aromatic rings. The smallest absolute Gasteiger partial charge is 0.271 e. The van der Waals surface area contributed by atoms with Crippen LogP contribution in [0.1, 0.15) is 56.8 Å². The summed E-state index contributed by atoms with van der Waals surface area (Å²) in [4.78, 5) is 25.7. The Morgan fingerprint density at radius 2 is 1.88 bits per heavy atom. The number of rotatable bonds is 5. The van der Waals surface area contributed by atoms with Crippen LogP contribution >= 0.6 is 11.3 Å². The van der Waals surface area contributed by atoms with Gasteiger partial charge in [-0.15, -0.1) is 11.3 Å². The highest BCUT2D eigenvalue weighted by molar-refractivity contribution is 7.17. The number of anilines is 1. The lowest BCUT2D eigenvalue weighted by atomic mass is 10.2. The van der Waals surface area contributed by atoms with Crippen LogP contribution in [0.3, 0.4) is 0 Å². The molecule has 3 rings (SSSR count). The van der Waals surface area contributed by atoms with Gasteiger partial charge in [0.05, 0.1) is 22.0 Å². The predicted octanol–water partition coefficient (Wildman–Crippen LogP) is 4.42. The third kappa shape index (κ3) is 4.76. The van der Waals surface area contributed by atoms with Gasteiger partial charge in [0, 0.05) is 12.2 Å². The third-order valence-corrected chi connectivity index (χ3v) is 4.33. The summed E-state index contributed by atoms with van der Waals surface area (Å²) < 4.78 is 0.796. The van der Waals surface area contributed by atoms with E-state index < -0.39 is 0 Å². The molecule has 2 N–H and O–H groups in total. The summed E-state index contributed by atoms with van der Waals surface area (Å²) in [5.41, 5.74) is 2.05. The van der Waals surface area contributed by atoms with Crippen LogP contribution in [-0.2, 0) is 0 Å². The zero-order valence-electron chi connectivity index (χ0n) is 15.8. The molecule has 0 saturated carbocycles. The van der Waals surface area contributed by atoms with Crippen molar-refractivity contribution in [2.24, 2.45) is 0 Å². The van der Waals surface area contributed by atoms with E-state index >= 15 is 0 Å². The van der Waals surface area contributed by atoms with Crippen LogP contribution in [0.2, 0.25) is 0 Å². The van der Waals surface area contributed by atoms with Crippen LogP contribution in [0.25, 0.3) is 10.2 Å². The maximum absolute atomic E-state index is 12.4. The minimum absolute atomic E-state index is 0.0475. The molecule has 7 heteroatoms. The Labute approximate surface area is 158 Å². The number of nitrogens with zero attached hydrogens (tertiary/aromatic N) is 3. The second kappa shape index (κ2) is 9.24. The molecule has 0 bridgehead atoms. The van der Waals surface area contributed by atoms with Gasteiger partial charge in [-0.3, -0.25) is 9.78 Å². The van der Waals surface area contributed by atoms with E-state index in [1.165, 1.54) is 11.3 Å². The molecular weight excluding hydrogens is 346 g/mol. The summed E-state index contributed by atoms with van der Waals surface area (Å²) in [6, 6.07) is 7.62. The van der Waals surface area contributed by atoms with Crippen LogP contribution in [0.4, 0.5) is 5.95 Å². The molecule has 26 heavy (non-hydrogen) atoms. The van der Waals surface area contributed by atoms with Gasteiger partial charge in [0.2, 0.25) is 5.95 Å². The largest absolute Gasteiger partial charge is 0.348 e. The number of amides is 1. The number of nitrogens with one attached hydrogen (secondary N) is 2. The molecule has 0 aromatic carbocycles. The van der Waals surface area contributed by atoms with Crippen molar-refractivity contribution >= 4 is 33.4 Å². The van der Waals surface area contributed by atoms with E-state index in [1.54, 1.807) is 6.20 Å². The molecule has 0 unspecified atom stereocenters. The highest BCUT2D eigenvalue weighted by atomic mass is 32.1. The van der Waals surface area contributed by atoms with Crippen molar-refractivity contribution in [2.45, 2.75) is 46.7 Å². The summed E-state index contributed by atoms with van der Waals surface area (Å²) in [7, 11) is 0. The first kappa shape index (κ1) is 19.8. The van der Waals surface area contributed by atoms with Crippen molar-refractivity contribution in [3.8, 4) is 0 Å². The average Bonchev–Trinajstić information content (AvgIpc) is 3.11. The summed E-state index contributed by atoms with van der Waals surface area (Å²) in [6.07, 6.45) is 1.75. The van der Waals surface area contributed by atoms with Crippen molar-refractivity contribution in [3.63, 3.8) is 0 Å². The Morgan fingerprint density at radius 3 is 2.54 bits per heavy atom. The molecule has 1 amide bonds.